The molecule has 0 amide bonds. The SMILES string of the molecule is CC(C)c1cc(NN)c2cc(F)c(F)c(F)c2n1. The number of nitrogen functional groups attached to an aromatic ring is 1. The Labute approximate surface area is 102 Å². The third kappa shape index (κ3) is 1.88. The fraction of sp³-hybridized carbons (Fsp3) is 0.250. The van der Waals surface area contributed by atoms with E-state index in [1.165, 1.54) is 0 Å². The van der Waals surface area contributed by atoms with E-state index in [2.05, 4.69) is 10.4 Å². The molecule has 1 heterocycles. The molecule has 0 spiro atoms. The number of nitrogens with one attached hydrogen (secondary N) is 1. The van der Waals surface area contributed by atoms with Crippen molar-refractivity contribution < 1.29 is 13.2 Å². The van der Waals surface area contributed by atoms with Crippen molar-refractivity contribution in [2.75, 3.05) is 5.43 Å². The first-order valence-electron chi connectivity index (χ1n) is 5.40. The summed E-state index contributed by atoms with van der Waals surface area (Å²) in [7, 11) is 0. The topological polar surface area (TPSA) is 50.9 Å². The molecule has 0 bridgehead atoms. The van der Waals surface area contributed by atoms with Gasteiger partial charge in [0.2, 0.25) is 0 Å². The molecule has 6 heteroatoms. The molecule has 0 radical (unpaired) electrons. The fourth-order valence-electron chi connectivity index (χ4n) is 1.70. The molecule has 18 heavy (non-hydrogen) atoms. The van der Waals surface area contributed by atoms with Crippen LogP contribution in [0.25, 0.3) is 10.9 Å². The zero-order chi connectivity index (χ0) is 13.4. The normalized spacial score (nSPS) is 11.3. The summed E-state index contributed by atoms with van der Waals surface area (Å²) in [4.78, 5) is 4.01. The molecule has 3 nitrogen and oxygen atoms in total. The van der Waals surface area contributed by atoms with Crippen molar-refractivity contribution in [1.29, 1.82) is 0 Å². The van der Waals surface area contributed by atoms with E-state index in [0.29, 0.717) is 11.4 Å². The van der Waals surface area contributed by atoms with E-state index in [9.17, 15) is 13.2 Å². The highest BCUT2D eigenvalue weighted by molar-refractivity contribution is 5.91. The zero-order valence-corrected chi connectivity index (χ0v) is 9.89. The number of pyridine rings is 1. The van der Waals surface area contributed by atoms with Crippen LogP contribution in [0.2, 0.25) is 0 Å². The van der Waals surface area contributed by atoms with Gasteiger partial charge in [-0.05, 0) is 18.1 Å². The molecular weight excluding hydrogens is 243 g/mol. The zero-order valence-electron chi connectivity index (χ0n) is 9.89. The second-order valence-corrected chi connectivity index (χ2v) is 4.28. The van der Waals surface area contributed by atoms with Gasteiger partial charge in [0.05, 0.1) is 5.69 Å². The van der Waals surface area contributed by atoms with Gasteiger partial charge in [0.25, 0.3) is 0 Å². The molecule has 0 atom stereocenters. The van der Waals surface area contributed by atoms with Crippen LogP contribution in [0.5, 0.6) is 0 Å². The molecule has 0 aliphatic carbocycles. The number of nitrogens with two attached hydrogens (primary N) is 1. The van der Waals surface area contributed by atoms with E-state index in [1.54, 1.807) is 6.07 Å². The average Bonchev–Trinajstić information content (AvgIpc) is 2.35. The average molecular weight is 255 g/mol. The number of anilines is 1. The van der Waals surface area contributed by atoms with E-state index in [1.807, 2.05) is 13.8 Å². The van der Waals surface area contributed by atoms with Gasteiger partial charge in [0.1, 0.15) is 5.52 Å². The number of hydrazine groups is 1. The van der Waals surface area contributed by atoms with Gasteiger partial charge in [-0.2, -0.15) is 0 Å². The number of aromatic nitrogens is 1. The highest BCUT2D eigenvalue weighted by Crippen LogP contribution is 2.29. The van der Waals surface area contributed by atoms with Crippen LogP contribution >= 0.6 is 0 Å². The molecule has 1 aromatic carbocycles. The van der Waals surface area contributed by atoms with Crippen LogP contribution < -0.4 is 11.3 Å². The van der Waals surface area contributed by atoms with E-state index < -0.39 is 17.5 Å². The van der Waals surface area contributed by atoms with E-state index in [-0.39, 0.29) is 16.8 Å². The number of fused-ring (bicyclic) bond motifs is 1. The second-order valence-electron chi connectivity index (χ2n) is 4.28. The lowest BCUT2D eigenvalue weighted by molar-refractivity contribution is 0.452. The van der Waals surface area contributed by atoms with Crippen molar-refractivity contribution in [3.05, 3.63) is 35.3 Å². The molecular formula is C12H12F3N3. The monoisotopic (exact) mass is 255 g/mol. The van der Waals surface area contributed by atoms with Crippen molar-refractivity contribution in [3.8, 4) is 0 Å². The lowest BCUT2D eigenvalue weighted by atomic mass is 10.1. The Morgan fingerprint density at radius 2 is 1.83 bits per heavy atom. The van der Waals surface area contributed by atoms with Gasteiger partial charge in [0.15, 0.2) is 17.5 Å². The van der Waals surface area contributed by atoms with Gasteiger partial charge in [-0.25, -0.2) is 18.2 Å². The van der Waals surface area contributed by atoms with Crippen LogP contribution in [0, 0.1) is 17.5 Å². The van der Waals surface area contributed by atoms with Crippen molar-refractivity contribution in [1.82, 2.24) is 4.98 Å². The molecule has 2 aromatic rings. The molecule has 0 saturated carbocycles. The number of rotatable bonds is 2. The third-order valence-electron chi connectivity index (χ3n) is 2.71. The number of hydrogen-bond donors (Lipinski definition) is 2. The Hall–Kier alpha value is -1.82. The first kappa shape index (κ1) is 12.6. The maximum atomic E-state index is 13.7. The fourth-order valence-corrected chi connectivity index (χ4v) is 1.70. The third-order valence-corrected chi connectivity index (χ3v) is 2.71. The van der Waals surface area contributed by atoms with E-state index in [4.69, 9.17) is 5.84 Å². The molecule has 0 unspecified atom stereocenters. The molecule has 2 rings (SSSR count). The maximum absolute atomic E-state index is 13.7. The Morgan fingerprint density at radius 1 is 1.17 bits per heavy atom. The first-order chi connectivity index (χ1) is 8.45. The Morgan fingerprint density at radius 3 is 2.39 bits per heavy atom. The summed E-state index contributed by atoms with van der Waals surface area (Å²) in [6.07, 6.45) is 0. The summed E-state index contributed by atoms with van der Waals surface area (Å²) in [5, 5.41) is 0.110. The molecule has 0 aliphatic heterocycles. The minimum Gasteiger partial charge on any atom is -0.323 e. The van der Waals surface area contributed by atoms with Crippen LogP contribution in [0.15, 0.2) is 12.1 Å². The number of halogens is 3. The Bertz CT molecular complexity index is 611. The van der Waals surface area contributed by atoms with Crippen molar-refractivity contribution in [2.45, 2.75) is 19.8 Å². The summed E-state index contributed by atoms with van der Waals surface area (Å²) < 4.78 is 40.0. The van der Waals surface area contributed by atoms with Gasteiger partial charge in [-0.1, -0.05) is 13.8 Å². The largest absolute Gasteiger partial charge is 0.323 e. The van der Waals surface area contributed by atoms with Gasteiger partial charge in [-0.3, -0.25) is 5.84 Å². The smallest absolute Gasteiger partial charge is 0.196 e. The number of nitrogens with zero attached hydrogens (tertiary/aromatic N) is 1. The van der Waals surface area contributed by atoms with Crippen LogP contribution in [0.1, 0.15) is 25.5 Å². The summed E-state index contributed by atoms with van der Waals surface area (Å²) in [5.74, 6) is 1.22. The van der Waals surface area contributed by atoms with E-state index >= 15 is 0 Å². The summed E-state index contributed by atoms with van der Waals surface area (Å²) in [6, 6.07) is 2.46. The van der Waals surface area contributed by atoms with E-state index in [0.717, 1.165) is 6.07 Å². The van der Waals surface area contributed by atoms with Gasteiger partial charge in [0, 0.05) is 11.1 Å². The molecule has 3 N–H and O–H groups in total. The molecule has 1 aromatic heterocycles. The summed E-state index contributed by atoms with van der Waals surface area (Å²) in [5.41, 5.74) is 2.96. The molecule has 0 aliphatic rings. The number of benzene rings is 1. The first-order valence-corrected chi connectivity index (χ1v) is 5.40. The summed E-state index contributed by atoms with van der Waals surface area (Å²) in [6.45, 7) is 3.71. The van der Waals surface area contributed by atoms with Crippen molar-refractivity contribution >= 4 is 16.6 Å². The van der Waals surface area contributed by atoms with Gasteiger partial charge >= 0.3 is 0 Å². The van der Waals surface area contributed by atoms with Crippen LogP contribution in [0.3, 0.4) is 0 Å². The van der Waals surface area contributed by atoms with Crippen molar-refractivity contribution in [3.63, 3.8) is 0 Å². The molecule has 96 valence electrons. The van der Waals surface area contributed by atoms with Crippen LogP contribution in [-0.4, -0.2) is 4.98 Å². The highest BCUT2D eigenvalue weighted by Gasteiger charge is 2.18. The minimum atomic E-state index is -1.53. The number of hydrogen-bond acceptors (Lipinski definition) is 3. The second kappa shape index (κ2) is 4.45. The predicted molar refractivity (Wildman–Crippen MR) is 63.5 cm³/mol. The maximum Gasteiger partial charge on any atom is 0.196 e. The summed E-state index contributed by atoms with van der Waals surface area (Å²) >= 11 is 0. The van der Waals surface area contributed by atoms with Crippen molar-refractivity contribution in [2.24, 2.45) is 5.84 Å². The Kier molecular flexibility index (Phi) is 3.13. The van der Waals surface area contributed by atoms with Crippen LogP contribution in [-0.2, 0) is 0 Å². The molecule has 0 fully saturated rings. The van der Waals surface area contributed by atoms with Crippen LogP contribution in [0.4, 0.5) is 18.9 Å². The standard InChI is InChI=1S/C12H12F3N3/c1-5(2)8-4-9(18-16)6-3-7(13)10(14)11(15)12(6)17-8/h3-5H,16H2,1-2H3,(H,17,18). The van der Waals surface area contributed by atoms with Gasteiger partial charge in [-0.15, -0.1) is 0 Å². The van der Waals surface area contributed by atoms with Gasteiger partial charge < -0.3 is 5.43 Å². The quantitative estimate of drug-likeness (QED) is 0.492. The molecule has 0 saturated heterocycles. The minimum absolute atomic E-state index is 0.00835. The predicted octanol–water partition coefficient (Wildman–Crippen LogP) is 3.06. The lowest BCUT2D eigenvalue weighted by Gasteiger charge is -2.12. The Balaban J connectivity index is 2.88. The lowest BCUT2D eigenvalue weighted by Crippen LogP contribution is -2.10. The highest BCUT2D eigenvalue weighted by atomic mass is 19.2.